The maximum Gasteiger partial charge on any atom is 0.256 e. The molecule has 2 fully saturated rings. The molecule has 1 aromatic carbocycles. The van der Waals surface area contributed by atoms with Crippen LogP contribution in [-0.2, 0) is 10.0 Å². The average molecular weight is 598 g/mol. The van der Waals surface area contributed by atoms with Gasteiger partial charge >= 0.3 is 0 Å². The number of benzene rings is 1. The number of hydrogen-bond acceptors (Lipinski definition) is 5. The highest BCUT2D eigenvalue weighted by Crippen LogP contribution is 2.37. The highest BCUT2D eigenvalue weighted by Gasteiger charge is 2.28. The molecular weight excluding hydrogens is 553 g/mol. The number of carbonyl (C=O) groups excluding carboxylic acids is 1. The fourth-order valence-electron chi connectivity index (χ4n) is 6.64. The van der Waals surface area contributed by atoms with E-state index in [4.69, 9.17) is 0 Å². The summed E-state index contributed by atoms with van der Waals surface area (Å²) in [6.45, 7) is 7.04. The molecule has 0 spiro atoms. The number of carbonyl (C=O) groups is 1. The van der Waals surface area contributed by atoms with Crippen molar-refractivity contribution in [1.29, 1.82) is 0 Å². The Kier molecular flexibility index (Phi) is 9.34. The summed E-state index contributed by atoms with van der Waals surface area (Å²) in [6, 6.07) is 6.57. The topological polar surface area (TPSA) is 87.5 Å². The number of piperidine rings is 1. The second-order valence-electron chi connectivity index (χ2n) is 12.5. The van der Waals surface area contributed by atoms with Gasteiger partial charge in [-0.1, -0.05) is 0 Å². The van der Waals surface area contributed by atoms with E-state index < -0.39 is 15.8 Å². The van der Waals surface area contributed by atoms with Gasteiger partial charge in [0.25, 0.3) is 5.91 Å². The number of likely N-dealkylation sites (tertiary alicyclic amines) is 1. The van der Waals surface area contributed by atoms with Crippen LogP contribution in [0.4, 0.5) is 4.39 Å². The minimum absolute atomic E-state index is 0.00986. The zero-order valence-corrected chi connectivity index (χ0v) is 26.0. The van der Waals surface area contributed by atoms with Crippen molar-refractivity contribution >= 4 is 26.8 Å². The molecule has 42 heavy (non-hydrogen) atoms. The van der Waals surface area contributed by atoms with Crippen LogP contribution in [-0.4, -0.2) is 78.7 Å². The molecule has 3 heterocycles. The van der Waals surface area contributed by atoms with Crippen molar-refractivity contribution < 1.29 is 17.6 Å². The largest absolute Gasteiger partial charge is 0.339 e. The predicted molar refractivity (Wildman–Crippen MR) is 165 cm³/mol. The average Bonchev–Trinajstić information content (AvgIpc) is 3.35. The van der Waals surface area contributed by atoms with Crippen LogP contribution in [0.15, 0.2) is 42.9 Å². The molecule has 3 aromatic rings. The fraction of sp³-hybridized carbons (Fsp3) is 0.562. The lowest BCUT2D eigenvalue weighted by Gasteiger charge is -2.34. The highest BCUT2D eigenvalue weighted by molar-refractivity contribution is 7.88. The highest BCUT2D eigenvalue weighted by atomic mass is 32.2. The van der Waals surface area contributed by atoms with Crippen molar-refractivity contribution in [3.05, 3.63) is 59.8 Å². The number of amides is 1. The number of aromatic nitrogens is 2. The van der Waals surface area contributed by atoms with Crippen LogP contribution in [0.5, 0.6) is 0 Å². The van der Waals surface area contributed by atoms with Crippen LogP contribution in [0.1, 0.15) is 80.6 Å². The third kappa shape index (κ3) is 7.03. The van der Waals surface area contributed by atoms with E-state index >= 15 is 0 Å². The Morgan fingerprint density at radius 2 is 1.83 bits per heavy atom. The zero-order chi connectivity index (χ0) is 30.0. The Bertz CT molecular complexity index is 1510. The number of hydrogen-bond donors (Lipinski definition) is 1. The first-order chi connectivity index (χ1) is 20.0. The molecule has 5 rings (SSSR count). The first-order valence-corrected chi connectivity index (χ1v) is 17.1. The van der Waals surface area contributed by atoms with Gasteiger partial charge < -0.3 is 14.4 Å². The Balaban J connectivity index is 1.27. The van der Waals surface area contributed by atoms with E-state index in [1.54, 1.807) is 18.0 Å². The van der Waals surface area contributed by atoms with E-state index in [9.17, 15) is 17.6 Å². The molecule has 0 bridgehead atoms. The number of sulfonamides is 1. The second-order valence-corrected chi connectivity index (χ2v) is 14.3. The van der Waals surface area contributed by atoms with Gasteiger partial charge in [0.2, 0.25) is 10.0 Å². The third-order valence-corrected chi connectivity index (χ3v) is 10.1. The number of halogens is 1. The molecule has 1 amide bonds. The molecule has 0 atom stereocenters. The molecule has 10 heteroatoms. The summed E-state index contributed by atoms with van der Waals surface area (Å²) in [4.78, 5) is 21.9. The zero-order valence-electron chi connectivity index (χ0n) is 25.2. The van der Waals surface area contributed by atoms with E-state index in [1.807, 2.05) is 36.9 Å². The lowest BCUT2D eigenvalue weighted by molar-refractivity contribution is 0.0754. The van der Waals surface area contributed by atoms with Gasteiger partial charge in [0.05, 0.1) is 29.2 Å². The van der Waals surface area contributed by atoms with Crippen LogP contribution in [0.2, 0.25) is 0 Å². The van der Waals surface area contributed by atoms with E-state index in [2.05, 4.69) is 20.8 Å². The van der Waals surface area contributed by atoms with Crippen LogP contribution in [0, 0.1) is 11.7 Å². The van der Waals surface area contributed by atoms with Gasteiger partial charge in [0.15, 0.2) is 0 Å². The molecule has 2 aromatic heterocycles. The molecule has 8 nitrogen and oxygen atoms in total. The maximum absolute atomic E-state index is 14.4. The molecule has 2 aliphatic rings. The predicted octanol–water partition coefficient (Wildman–Crippen LogP) is 5.32. The van der Waals surface area contributed by atoms with Crippen molar-refractivity contribution in [1.82, 2.24) is 24.1 Å². The molecule has 1 saturated heterocycles. The first kappa shape index (κ1) is 30.6. The summed E-state index contributed by atoms with van der Waals surface area (Å²) >= 11 is 0. The number of nitrogens with zero attached hydrogens (tertiary/aromatic N) is 4. The van der Waals surface area contributed by atoms with Crippen molar-refractivity contribution in [2.75, 3.05) is 32.9 Å². The number of fused-ring (bicyclic) bond motifs is 1. The molecule has 1 saturated carbocycles. The van der Waals surface area contributed by atoms with Crippen molar-refractivity contribution in [3.8, 4) is 5.69 Å². The Hall–Kier alpha value is -2.82. The minimum atomic E-state index is -3.14. The van der Waals surface area contributed by atoms with Crippen molar-refractivity contribution in [2.45, 2.75) is 76.8 Å². The summed E-state index contributed by atoms with van der Waals surface area (Å²) in [6.07, 6.45) is 14.3. The van der Waals surface area contributed by atoms with Gasteiger partial charge in [0.1, 0.15) is 5.82 Å². The standard InChI is InChI=1S/C32H44FN5O3S/c1-22(2)36(3)32(39)28-19-25(33)7-10-30(28)38-21-29(27-11-15-34-20-31(27)38)24-13-17-37(18-14-24)16-12-23-5-8-26(9-6-23)35-42(4,40)41/h7,10-11,15,19-24,26,35H,5-6,8-9,12-14,16-18H2,1-4H3/t23-,26-. The fourth-order valence-corrected chi connectivity index (χ4v) is 7.48. The third-order valence-electron chi connectivity index (χ3n) is 9.29. The first-order valence-electron chi connectivity index (χ1n) is 15.2. The van der Waals surface area contributed by atoms with Crippen LogP contribution in [0.3, 0.4) is 0 Å². The Labute approximate surface area is 249 Å². The Morgan fingerprint density at radius 3 is 2.50 bits per heavy atom. The van der Waals surface area contributed by atoms with Crippen molar-refractivity contribution in [2.24, 2.45) is 5.92 Å². The molecule has 1 aliphatic heterocycles. The molecule has 1 N–H and O–H groups in total. The Morgan fingerprint density at radius 1 is 1.12 bits per heavy atom. The smallest absolute Gasteiger partial charge is 0.256 e. The summed E-state index contributed by atoms with van der Waals surface area (Å²) < 4.78 is 42.2. The van der Waals surface area contributed by atoms with Crippen molar-refractivity contribution in [3.63, 3.8) is 0 Å². The van der Waals surface area contributed by atoms with Gasteiger partial charge in [-0.25, -0.2) is 17.5 Å². The second kappa shape index (κ2) is 12.8. The molecular formula is C32H44FN5O3S. The van der Waals surface area contributed by atoms with E-state index in [-0.39, 0.29) is 18.0 Å². The van der Waals surface area contributed by atoms with Crippen LogP contribution in [0.25, 0.3) is 16.6 Å². The maximum atomic E-state index is 14.4. The monoisotopic (exact) mass is 597 g/mol. The lowest BCUT2D eigenvalue weighted by atomic mass is 9.84. The summed E-state index contributed by atoms with van der Waals surface area (Å²) in [5.74, 6) is 0.413. The van der Waals surface area contributed by atoms with Crippen LogP contribution >= 0.6 is 0 Å². The summed E-state index contributed by atoms with van der Waals surface area (Å²) in [5, 5.41) is 1.13. The lowest BCUT2D eigenvalue weighted by Crippen LogP contribution is -2.38. The quantitative estimate of drug-likeness (QED) is 0.361. The molecule has 0 unspecified atom stereocenters. The number of rotatable bonds is 9. The minimum Gasteiger partial charge on any atom is -0.339 e. The van der Waals surface area contributed by atoms with Gasteiger partial charge in [-0.3, -0.25) is 9.78 Å². The van der Waals surface area contributed by atoms with Gasteiger partial charge in [-0.15, -0.1) is 0 Å². The molecule has 228 valence electrons. The number of nitrogens with one attached hydrogen (secondary N) is 1. The van der Waals surface area contributed by atoms with Gasteiger partial charge in [-0.05, 0) is 120 Å². The summed E-state index contributed by atoms with van der Waals surface area (Å²) in [5.41, 5.74) is 3.18. The van der Waals surface area contributed by atoms with E-state index in [0.717, 1.165) is 75.5 Å². The SMILES string of the molecule is CC(C)N(C)C(=O)c1cc(F)ccc1-n1cc(C2CCN(CC[C@H]3CC[C@H](NS(C)(=O)=O)CC3)CC2)c2ccncc21. The number of pyridine rings is 1. The van der Waals surface area contributed by atoms with E-state index in [1.165, 1.54) is 24.0 Å². The molecule has 0 radical (unpaired) electrons. The van der Waals surface area contributed by atoms with E-state index in [0.29, 0.717) is 23.1 Å². The normalized spacial score (nSPS) is 20.8. The van der Waals surface area contributed by atoms with Gasteiger partial charge in [-0.2, -0.15) is 0 Å². The molecule has 1 aliphatic carbocycles. The van der Waals surface area contributed by atoms with Gasteiger partial charge in [0, 0.05) is 36.9 Å². The summed E-state index contributed by atoms with van der Waals surface area (Å²) in [7, 11) is -1.39. The van der Waals surface area contributed by atoms with Crippen LogP contribution < -0.4 is 4.72 Å².